The quantitative estimate of drug-likeness (QED) is 0.922. The molecule has 0 saturated carbocycles. The summed E-state index contributed by atoms with van der Waals surface area (Å²) >= 11 is 0. The van der Waals surface area contributed by atoms with Gasteiger partial charge in [-0.2, -0.15) is 0 Å². The van der Waals surface area contributed by atoms with E-state index >= 15 is 0 Å². The lowest BCUT2D eigenvalue weighted by Gasteiger charge is -2.34. The molecule has 0 atom stereocenters. The molecule has 1 aliphatic rings. The van der Waals surface area contributed by atoms with Crippen LogP contribution in [0.15, 0.2) is 24.3 Å². The van der Waals surface area contributed by atoms with E-state index in [-0.39, 0.29) is 11.9 Å². The zero-order valence-electron chi connectivity index (χ0n) is 13.5. The standard InChI is InChI=1S/C17H25N3O2/c1-3-18-17(22)20-12-10-19(11-13-20)16(21)9-8-15-6-4-14(2)5-7-15/h4-7H,3,8-13H2,1-2H3,(H,18,22). The molecule has 2 rings (SSSR count). The van der Waals surface area contributed by atoms with E-state index in [9.17, 15) is 9.59 Å². The third-order valence-electron chi connectivity index (χ3n) is 4.00. The van der Waals surface area contributed by atoms with Gasteiger partial charge in [-0.05, 0) is 25.8 Å². The average molecular weight is 303 g/mol. The number of amides is 3. The van der Waals surface area contributed by atoms with Gasteiger partial charge < -0.3 is 15.1 Å². The third-order valence-corrected chi connectivity index (χ3v) is 4.00. The van der Waals surface area contributed by atoms with Gasteiger partial charge in [0.15, 0.2) is 0 Å². The van der Waals surface area contributed by atoms with Crippen LogP contribution in [0.2, 0.25) is 0 Å². The van der Waals surface area contributed by atoms with Crippen molar-refractivity contribution in [3.63, 3.8) is 0 Å². The van der Waals surface area contributed by atoms with Crippen LogP contribution in [-0.4, -0.2) is 54.5 Å². The molecule has 22 heavy (non-hydrogen) atoms. The highest BCUT2D eigenvalue weighted by Crippen LogP contribution is 2.09. The first-order valence-electron chi connectivity index (χ1n) is 7.96. The zero-order chi connectivity index (χ0) is 15.9. The summed E-state index contributed by atoms with van der Waals surface area (Å²) in [6, 6.07) is 8.27. The number of nitrogens with one attached hydrogen (secondary N) is 1. The van der Waals surface area contributed by atoms with Gasteiger partial charge >= 0.3 is 6.03 Å². The average Bonchev–Trinajstić information content (AvgIpc) is 2.54. The van der Waals surface area contributed by atoms with Gasteiger partial charge in [0.1, 0.15) is 0 Å². The first kappa shape index (κ1) is 16.3. The largest absolute Gasteiger partial charge is 0.339 e. The molecule has 0 bridgehead atoms. The van der Waals surface area contributed by atoms with Crippen LogP contribution in [0, 0.1) is 6.92 Å². The van der Waals surface area contributed by atoms with E-state index in [2.05, 4.69) is 36.5 Å². The van der Waals surface area contributed by atoms with Crippen molar-refractivity contribution in [1.29, 1.82) is 0 Å². The Bertz CT molecular complexity index is 505. The van der Waals surface area contributed by atoms with Gasteiger partial charge in [-0.25, -0.2) is 4.79 Å². The van der Waals surface area contributed by atoms with Gasteiger partial charge in [0.2, 0.25) is 5.91 Å². The number of rotatable bonds is 4. The van der Waals surface area contributed by atoms with Crippen molar-refractivity contribution in [2.24, 2.45) is 0 Å². The molecule has 5 nitrogen and oxygen atoms in total. The SMILES string of the molecule is CCNC(=O)N1CCN(C(=O)CCc2ccc(C)cc2)CC1. The highest BCUT2D eigenvalue weighted by molar-refractivity contribution is 5.78. The lowest BCUT2D eigenvalue weighted by atomic mass is 10.1. The van der Waals surface area contributed by atoms with E-state index < -0.39 is 0 Å². The first-order valence-corrected chi connectivity index (χ1v) is 7.96. The van der Waals surface area contributed by atoms with Crippen LogP contribution in [0.1, 0.15) is 24.5 Å². The Morgan fingerprint density at radius 2 is 1.64 bits per heavy atom. The normalized spacial score (nSPS) is 14.8. The third kappa shape index (κ3) is 4.48. The van der Waals surface area contributed by atoms with Crippen LogP contribution in [0.3, 0.4) is 0 Å². The Kier molecular flexibility index (Phi) is 5.81. The molecular weight excluding hydrogens is 278 g/mol. The van der Waals surface area contributed by atoms with Crippen LogP contribution in [0.4, 0.5) is 4.79 Å². The van der Waals surface area contributed by atoms with E-state index in [1.807, 2.05) is 11.8 Å². The van der Waals surface area contributed by atoms with Crippen LogP contribution >= 0.6 is 0 Å². The topological polar surface area (TPSA) is 52.7 Å². The van der Waals surface area contributed by atoms with Crippen molar-refractivity contribution in [1.82, 2.24) is 15.1 Å². The Morgan fingerprint density at radius 3 is 2.23 bits per heavy atom. The molecule has 1 heterocycles. The Hall–Kier alpha value is -2.04. The van der Waals surface area contributed by atoms with Gasteiger partial charge in [0.25, 0.3) is 0 Å². The summed E-state index contributed by atoms with van der Waals surface area (Å²) in [4.78, 5) is 27.6. The molecule has 0 aromatic heterocycles. The van der Waals surface area contributed by atoms with Crippen molar-refractivity contribution >= 4 is 11.9 Å². The fourth-order valence-corrected chi connectivity index (χ4v) is 2.59. The molecule has 0 aliphatic carbocycles. The lowest BCUT2D eigenvalue weighted by molar-refractivity contribution is -0.132. The molecular formula is C17H25N3O2. The molecule has 1 N–H and O–H groups in total. The summed E-state index contributed by atoms with van der Waals surface area (Å²) < 4.78 is 0. The predicted octanol–water partition coefficient (Wildman–Crippen LogP) is 1.80. The second kappa shape index (κ2) is 7.82. The molecule has 1 aliphatic heterocycles. The number of hydrogen-bond acceptors (Lipinski definition) is 2. The molecule has 0 radical (unpaired) electrons. The zero-order valence-corrected chi connectivity index (χ0v) is 13.5. The number of benzene rings is 1. The lowest BCUT2D eigenvalue weighted by Crippen LogP contribution is -2.53. The monoisotopic (exact) mass is 303 g/mol. The number of carbonyl (C=O) groups excluding carboxylic acids is 2. The number of nitrogens with zero attached hydrogens (tertiary/aromatic N) is 2. The molecule has 1 aromatic carbocycles. The molecule has 1 aromatic rings. The molecule has 0 unspecified atom stereocenters. The maximum Gasteiger partial charge on any atom is 0.317 e. The summed E-state index contributed by atoms with van der Waals surface area (Å²) in [5, 5.41) is 2.79. The molecule has 1 saturated heterocycles. The Balaban J connectivity index is 1.75. The summed E-state index contributed by atoms with van der Waals surface area (Å²) in [5.74, 6) is 0.177. The molecule has 1 fully saturated rings. The number of hydrogen-bond donors (Lipinski definition) is 1. The van der Waals surface area contributed by atoms with Crippen LogP contribution in [0.25, 0.3) is 0 Å². The van der Waals surface area contributed by atoms with Gasteiger partial charge in [0.05, 0.1) is 0 Å². The molecule has 5 heteroatoms. The fraction of sp³-hybridized carbons (Fsp3) is 0.529. The summed E-state index contributed by atoms with van der Waals surface area (Å²) in [5.41, 5.74) is 2.43. The van der Waals surface area contributed by atoms with Crippen molar-refractivity contribution in [3.05, 3.63) is 35.4 Å². The van der Waals surface area contributed by atoms with Crippen molar-refractivity contribution in [3.8, 4) is 0 Å². The van der Waals surface area contributed by atoms with Gasteiger partial charge in [0, 0.05) is 39.1 Å². The molecule has 3 amide bonds. The summed E-state index contributed by atoms with van der Waals surface area (Å²) in [6.07, 6.45) is 1.31. The van der Waals surface area contributed by atoms with E-state index in [4.69, 9.17) is 0 Å². The highest BCUT2D eigenvalue weighted by atomic mass is 16.2. The van der Waals surface area contributed by atoms with Crippen LogP contribution in [0.5, 0.6) is 0 Å². The van der Waals surface area contributed by atoms with Crippen molar-refractivity contribution < 1.29 is 9.59 Å². The number of urea groups is 1. The second-order valence-electron chi connectivity index (χ2n) is 5.69. The highest BCUT2D eigenvalue weighted by Gasteiger charge is 2.23. The number of carbonyl (C=O) groups is 2. The van der Waals surface area contributed by atoms with E-state index in [0.29, 0.717) is 39.1 Å². The number of piperazine rings is 1. The van der Waals surface area contributed by atoms with Crippen molar-refractivity contribution in [2.45, 2.75) is 26.7 Å². The minimum atomic E-state index is -0.0331. The van der Waals surface area contributed by atoms with Crippen molar-refractivity contribution in [2.75, 3.05) is 32.7 Å². The van der Waals surface area contributed by atoms with Gasteiger partial charge in [-0.1, -0.05) is 29.8 Å². The van der Waals surface area contributed by atoms with Crippen LogP contribution in [-0.2, 0) is 11.2 Å². The van der Waals surface area contributed by atoms with E-state index in [1.54, 1.807) is 4.90 Å². The smallest absolute Gasteiger partial charge is 0.317 e. The minimum Gasteiger partial charge on any atom is -0.339 e. The van der Waals surface area contributed by atoms with E-state index in [0.717, 1.165) is 6.42 Å². The van der Waals surface area contributed by atoms with Crippen LogP contribution < -0.4 is 5.32 Å². The van der Waals surface area contributed by atoms with Gasteiger partial charge in [-0.15, -0.1) is 0 Å². The Labute approximate surface area is 132 Å². The van der Waals surface area contributed by atoms with E-state index in [1.165, 1.54) is 11.1 Å². The molecule has 0 spiro atoms. The fourth-order valence-electron chi connectivity index (χ4n) is 2.59. The maximum atomic E-state index is 12.2. The Morgan fingerprint density at radius 1 is 1.05 bits per heavy atom. The molecule has 120 valence electrons. The summed E-state index contributed by atoms with van der Waals surface area (Å²) in [6.45, 7) is 7.08. The summed E-state index contributed by atoms with van der Waals surface area (Å²) in [7, 11) is 0. The second-order valence-corrected chi connectivity index (χ2v) is 5.69. The minimum absolute atomic E-state index is 0.0331. The first-order chi connectivity index (χ1) is 10.6. The predicted molar refractivity (Wildman–Crippen MR) is 86.7 cm³/mol. The number of aryl methyl sites for hydroxylation is 2. The van der Waals surface area contributed by atoms with Gasteiger partial charge in [-0.3, -0.25) is 4.79 Å². The maximum absolute atomic E-state index is 12.2.